The molecule has 2 aromatic rings. The maximum Gasteiger partial charge on any atom is 0.253 e. The van der Waals surface area contributed by atoms with Crippen LogP contribution < -0.4 is 5.32 Å². The number of rotatable bonds is 6. The van der Waals surface area contributed by atoms with Crippen molar-refractivity contribution in [2.24, 2.45) is 0 Å². The van der Waals surface area contributed by atoms with Crippen molar-refractivity contribution in [1.82, 2.24) is 15.2 Å². The van der Waals surface area contributed by atoms with Crippen LogP contribution in [0.25, 0.3) is 0 Å². The number of amides is 2. The molecule has 1 aliphatic rings. The lowest BCUT2D eigenvalue weighted by atomic mass is 9.97. The van der Waals surface area contributed by atoms with Gasteiger partial charge in [0, 0.05) is 49.3 Å². The number of hydrogen-bond acceptors (Lipinski definition) is 4. The topological polar surface area (TPSA) is 62.3 Å². The smallest absolute Gasteiger partial charge is 0.253 e. The van der Waals surface area contributed by atoms with Gasteiger partial charge in [-0.25, -0.2) is 4.98 Å². The average Bonchev–Trinajstić information content (AvgIpc) is 3.16. The van der Waals surface area contributed by atoms with Gasteiger partial charge in [0.1, 0.15) is 0 Å². The third-order valence-corrected chi connectivity index (χ3v) is 5.97. The summed E-state index contributed by atoms with van der Waals surface area (Å²) in [5, 5.41) is 6.07. The molecule has 1 aliphatic heterocycles. The summed E-state index contributed by atoms with van der Waals surface area (Å²) in [6.07, 6.45) is 3.33. The van der Waals surface area contributed by atoms with Gasteiger partial charge in [-0.15, -0.1) is 11.3 Å². The van der Waals surface area contributed by atoms with Crippen molar-refractivity contribution in [1.29, 1.82) is 0 Å². The molecule has 2 heterocycles. The van der Waals surface area contributed by atoms with Crippen LogP contribution in [0.1, 0.15) is 58.7 Å². The first-order chi connectivity index (χ1) is 13.1. The third kappa shape index (κ3) is 5.16. The molecule has 0 spiro atoms. The van der Waals surface area contributed by atoms with Gasteiger partial charge in [-0.3, -0.25) is 9.59 Å². The normalized spacial score (nSPS) is 17.0. The maximum absolute atomic E-state index is 12.8. The molecule has 1 aromatic heterocycles. The Morgan fingerprint density at radius 1 is 1.37 bits per heavy atom. The SMILES string of the molecule is CCC(=O)NCCc1csc([C@H]2CCCN(C(=O)c3cccc(C)c3)C2)n1. The number of likely N-dealkylation sites (tertiary alicyclic amines) is 1. The first-order valence-corrected chi connectivity index (χ1v) is 10.5. The highest BCUT2D eigenvalue weighted by atomic mass is 32.1. The summed E-state index contributed by atoms with van der Waals surface area (Å²) in [4.78, 5) is 30.9. The van der Waals surface area contributed by atoms with Crippen LogP contribution in [0, 0.1) is 6.92 Å². The molecule has 27 heavy (non-hydrogen) atoms. The van der Waals surface area contributed by atoms with Crippen molar-refractivity contribution in [3.8, 4) is 0 Å². The van der Waals surface area contributed by atoms with Gasteiger partial charge in [0.15, 0.2) is 0 Å². The second-order valence-corrected chi connectivity index (χ2v) is 7.98. The van der Waals surface area contributed by atoms with Crippen LogP contribution in [0.2, 0.25) is 0 Å². The summed E-state index contributed by atoms with van der Waals surface area (Å²) < 4.78 is 0. The highest BCUT2D eigenvalue weighted by Gasteiger charge is 2.27. The number of nitrogens with one attached hydrogen (secondary N) is 1. The summed E-state index contributed by atoms with van der Waals surface area (Å²) in [6, 6.07) is 7.80. The Labute approximate surface area is 164 Å². The highest BCUT2D eigenvalue weighted by molar-refractivity contribution is 7.09. The van der Waals surface area contributed by atoms with Crippen molar-refractivity contribution < 1.29 is 9.59 Å². The Morgan fingerprint density at radius 3 is 3.00 bits per heavy atom. The van der Waals surface area contributed by atoms with E-state index in [1.54, 1.807) is 11.3 Å². The fourth-order valence-corrected chi connectivity index (χ4v) is 4.39. The van der Waals surface area contributed by atoms with E-state index in [2.05, 4.69) is 10.7 Å². The van der Waals surface area contributed by atoms with E-state index in [0.29, 0.717) is 18.9 Å². The molecule has 0 aliphatic carbocycles. The van der Waals surface area contributed by atoms with Crippen molar-refractivity contribution >= 4 is 23.2 Å². The summed E-state index contributed by atoms with van der Waals surface area (Å²) in [6.45, 7) is 6.02. The number of aromatic nitrogens is 1. The van der Waals surface area contributed by atoms with Crippen LogP contribution in [0.5, 0.6) is 0 Å². The number of thiazole rings is 1. The van der Waals surface area contributed by atoms with Gasteiger partial charge in [0.25, 0.3) is 5.91 Å². The van der Waals surface area contributed by atoms with E-state index in [-0.39, 0.29) is 11.8 Å². The molecule has 2 amide bonds. The molecule has 1 atom stereocenters. The van der Waals surface area contributed by atoms with Crippen LogP contribution >= 0.6 is 11.3 Å². The number of piperidine rings is 1. The van der Waals surface area contributed by atoms with Gasteiger partial charge >= 0.3 is 0 Å². The summed E-state index contributed by atoms with van der Waals surface area (Å²) in [5.41, 5.74) is 2.89. The molecule has 6 heteroatoms. The van der Waals surface area contributed by atoms with Gasteiger partial charge in [0.2, 0.25) is 5.91 Å². The minimum Gasteiger partial charge on any atom is -0.356 e. The zero-order chi connectivity index (χ0) is 19.2. The number of carbonyl (C=O) groups excluding carboxylic acids is 2. The molecule has 0 unspecified atom stereocenters. The van der Waals surface area contributed by atoms with E-state index >= 15 is 0 Å². The Kier molecular flexibility index (Phi) is 6.61. The number of nitrogens with zero attached hydrogens (tertiary/aromatic N) is 2. The van der Waals surface area contributed by atoms with E-state index in [0.717, 1.165) is 54.2 Å². The summed E-state index contributed by atoms with van der Waals surface area (Å²) >= 11 is 1.67. The molecule has 1 fully saturated rings. The molecular weight excluding hydrogens is 358 g/mol. The number of aryl methyl sites for hydroxylation is 1. The molecular formula is C21H27N3O2S. The predicted molar refractivity (Wildman–Crippen MR) is 108 cm³/mol. The molecule has 0 bridgehead atoms. The molecule has 1 saturated heterocycles. The van der Waals surface area contributed by atoms with Crippen LogP contribution in [-0.4, -0.2) is 41.3 Å². The number of hydrogen-bond donors (Lipinski definition) is 1. The number of benzene rings is 1. The summed E-state index contributed by atoms with van der Waals surface area (Å²) in [7, 11) is 0. The lowest BCUT2D eigenvalue weighted by Crippen LogP contribution is -2.39. The van der Waals surface area contributed by atoms with Gasteiger partial charge in [0.05, 0.1) is 10.7 Å². The Bertz CT molecular complexity index is 802. The predicted octanol–water partition coefficient (Wildman–Crippen LogP) is 3.54. The van der Waals surface area contributed by atoms with E-state index in [1.165, 1.54) is 0 Å². The molecule has 0 radical (unpaired) electrons. The highest BCUT2D eigenvalue weighted by Crippen LogP contribution is 2.30. The van der Waals surface area contributed by atoms with Crippen LogP contribution in [0.15, 0.2) is 29.6 Å². The van der Waals surface area contributed by atoms with Crippen molar-refractivity contribution in [3.63, 3.8) is 0 Å². The van der Waals surface area contributed by atoms with Crippen molar-refractivity contribution in [2.75, 3.05) is 19.6 Å². The Balaban J connectivity index is 1.59. The lowest BCUT2D eigenvalue weighted by Gasteiger charge is -2.32. The second-order valence-electron chi connectivity index (χ2n) is 7.09. The fraction of sp³-hybridized carbons (Fsp3) is 0.476. The zero-order valence-electron chi connectivity index (χ0n) is 16.0. The van der Waals surface area contributed by atoms with Crippen LogP contribution in [0.3, 0.4) is 0 Å². The van der Waals surface area contributed by atoms with E-state index in [9.17, 15) is 9.59 Å². The van der Waals surface area contributed by atoms with Gasteiger partial charge in [-0.2, -0.15) is 0 Å². The maximum atomic E-state index is 12.8. The zero-order valence-corrected chi connectivity index (χ0v) is 16.8. The molecule has 1 aromatic carbocycles. The van der Waals surface area contributed by atoms with Crippen molar-refractivity contribution in [2.45, 2.75) is 45.4 Å². The average molecular weight is 386 g/mol. The molecule has 1 N–H and O–H groups in total. The minimum absolute atomic E-state index is 0.0723. The fourth-order valence-electron chi connectivity index (χ4n) is 3.40. The monoisotopic (exact) mass is 385 g/mol. The standard InChI is InChI=1S/C21H27N3O2S/c1-3-19(25)22-10-9-18-14-27-20(23-18)17-8-5-11-24(13-17)21(26)16-7-4-6-15(2)12-16/h4,6-7,12,14,17H,3,5,8-11,13H2,1-2H3,(H,22,25)/t17-/m0/s1. The van der Waals surface area contributed by atoms with Gasteiger partial charge in [-0.1, -0.05) is 24.6 Å². The lowest BCUT2D eigenvalue weighted by molar-refractivity contribution is -0.120. The summed E-state index contributed by atoms with van der Waals surface area (Å²) in [5.74, 6) is 0.488. The first kappa shape index (κ1) is 19.5. The molecule has 0 saturated carbocycles. The third-order valence-electron chi connectivity index (χ3n) is 4.92. The number of carbonyl (C=O) groups is 2. The van der Waals surface area contributed by atoms with E-state index < -0.39 is 0 Å². The molecule has 144 valence electrons. The van der Waals surface area contributed by atoms with Crippen molar-refractivity contribution in [3.05, 3.63) is 51.5 Å². The first-order valence-electron chi connectivity index (χ1n) is 9.63. The van der Waals surface area contributed by atoms with E-state index in [1.807, 2.05) is 43.0 Å². The largest absolute Gasteiger partial charge is 0.356 e. The Hall–Kier alpha value is -2.21. The van der Waals surface area contributed by atoms with E-state index in [4.69, 9.17) is 4.98 Å². The second kappa shape index (κ2) is 9.13. The molecule has 3 rings (SSSR count). The quantitative estimate of drug-likeness (QED) is 0.827. The molecule has 5 nitrogen and oxygen atoms in total. The van der Waals surface area contributed by atoms with Gasteiger partial charge in [-0.05, 0) is 31.9 Å². The van der Waals surface area contributed by atoms with Gasteiger partial charge < -0.3 is 10.2 Å². The Morgan fingerprint density at radius 2 is 2.22 bits per heavy atom. The minimum atomic E-state index is 0.0723. The van der Waals surface area contributed by atoms with Crippen LogP contribution in [-0.2, 0) is 11.2 Å². The van der Waals surface area contributed by atoms with Crippen LogP contribution in [0.4, 0.5) is 0 Å².